The molecule has 1 heterocycles. The summed E-state index contributed by atoms with van der Waals surface area (Å²) in [5.41, 5.74) is 8.01. The highest BCUT2D eigenvalue weighted by molar-refractivity contribution is 7.11. The highest BCUT2D eigenvalue weighted by atomic mass is 32.1. The van der Waals surface area contributed by atoms with Gasteiger partial charge in [-0.25, -0.2) is 4.98 Å². The molecule has 0 radical (unpaired) electrons. The van der Waals surface area contributed by atoms with Crippen LogP contribution in [-0.4, -0.2) is 10.8 Å². The summed E-state index contributed by atoms with van der Waals surface area (Å²) in [6.45, 7) is 4.09. The zero-order valence-corrected chi connectivity index (χ0v) is 7.40. The lowest BCUT2D eigenvalue weighted by Crippen LogP contribution is -2.12. The van der Waals surface area contributed by atoms with Gasteiger partial charge in [0.05, 0.1) is 16.1 Å². The molecule has 11 heavy (non-hydrogen) atoms. The Morgan fingerprint density at radius 3 is 2.73 bits per heavy atom. The van der Waals surface area contributed by atoms with E-state index in [4.69, 9.17) is 11.1 Å². The minimum atomic E-state index is 0.121. The minimum absolute atomic E-state index is 0.121. The fraction of sp³-hybridized carbons (Fsp3) is 0.429. The molecule has 0 unspecified atom stereocenters. The van der Waals surface area contributed by atoms with E-state index in [-0.39, 0.29) is 5.84 Å². The van der Waals surface area contributed by atoms with Crippen LogP contribution < -0.4 is 5.73 Å². The third-order valence-corrected chi connectivity index (χ3v) is 2.26. The molecule has 0 aromatic carbocycles. The van der Waals surface area contributed by atoms with Crippen molar-refractivity contribution >= 4 is 17.2 Å². The fourth-order valence-electron chi connectivity index (χ4n) is 0.868. The van der Waals surface area contributed by atoms with Gasteiger partial charge in [-0.1, -0.05) is 13.8 Å². The number of aromatic nitrogens is 1. The SMILES string of the molecule is CC(C)c1ncsc1C(=N)N. The van der Waals surface area contributed by atoms with E-state index in [0.29, 0.717) is 5.92 Å². The van der Waals surface area contributed by atoms with Gasteiger partial charge in [0.2, 0.25) is 0 Å². The number of nitrogens with one attached hydrogen (secondary N) is 1. The molecule has 0 amide bonds. The van der Waals surface area contributed by atoms with E-state index in [9.17, 15) is 0 Å². The summed E-state index contributed by atoms with van der Waals surface area (Å²) < 4.78 is 0. The third kappa shape index (κ3) is 1.57. The van der Waals surface area contributed by atoms with Crippen molar-refractivity contribution in [3.63, 3.8) is 0 Å². The first-order valence-electron chi connectivity index (χ1n) is 3.40. The number of rotatable bonds is 2. The lowest BCUT2D eigenvalue weighted by molar-refractivity contribution is 0.830. The lowest BCUT2D eigenvalue weighted by atomic mass is 10.1. The second kappa shape index (κ2) is 3.00. The fourth-order valence-corrected chi connectivity index (χ4v) is 1.68. The van der Waals surface area contributed by atoms with Gasteiger partial charge < -0.3 is 5.73 Å². The van der Waals surface area contributed by atoms with Crippen LogP contribution >= 0.6 is 11.3 Å². The minimum Gasteiger partial charge on any atom is -0.383 e. The molecular formula is C7H11N3S. The Kier molecular flexibility index (Phi) is 2.24. The molecule has 0 atom stereocenters. The molecule has 60 valence electrons. The summed E-state index contributed by atoms with van der Waals surface area (Å²) in [6, 6.07) is 0. The van der Waals surface area contributed by atoms with Gasteiger partial charge >= 0.3 is 0 Å². The maximum absolute atomic E-state index is 7.23. The molecule has 1 aromatic rings. The first-order valence-corrected chi connectivity index (χ1v) is 4.28. The van der Waals surface area contributed by atoms with Crippen molar-refractivity contribution in [3.05, 3.63) is 16.1 Å². The monoisotopic (exact) mass is 169 g/mol. The summed E-state index contributed by atoms with van der Waals surface area (Å²) in [6.07, 6.45) is 0. The third-order valence-electron chi connectivity index (χ3n) is 1.39. The van der Waals surface area contributed by atoms with E-state index in [0.717, 1.165) is 10.6 Å². The molecule has 0 bridgehead atoms. The van der Waals surface area contributed by atoms with Gasteiger partial charge in [-0.2, -0.15) is 0 Å². The summed E-state index contributed by atoms with van der Waals surface area (Å²) in [5.74, 6) is 0.469. The van der Waals surface area contributed by atoms with E-state index in [1.54, 1.807) is 5.51 Å². The van der Waals surface area contributed by atoms with Gasteiger partial charge in [-0.3, -0.25) is 5.41 Å². The summed E-state index contributed by atoms with van der Waals surface area (Å²) >= 11 is 1.43. The van der Waals surface area contributed by atoms with Gasteiger partial charge in [0.25, 0.3) is 0 Å². The van der Waals surface area contributed by atoms with Gasteiger partial charge in [0, 0.05) is 0 Å². The molecule has 0 aliphatic heterocycles. The van der Waals surface area contributed by atoms with Gasteiger partial charge in [-0.15, -0.1) is 11.3 Å². The Hall–Kier alpha value is -0.900. The summed E-state index contributed by atoms with van der Waals surface area (Å²) in [4.78, 5) is 4.94. The summed E-state index contributed by atoms with van der Waals surface area (Å²) in [5, 5.41) is 7.23. The van der Waals surface area contributed by atoms with Crippen molar-refractivity contribution in [2.45, 2.75) is 19.8 Å². The first kappa shape index (κ1) is 8.20. The van der Waals surface area contributed by atoms with E-state index < -0.39 is 0 Å². The predicted octanol–water partition coefficient (Wildman–Crippen LogP) is 1.55. The number of hydrogen-bond acceptors (Lipinski definition) is 3. The molecule has 1 rings (SSSR count). The van der Waals surface area contributed by atoms with E-state index >= 15 is 0 Å². The standard InChI is InChI=1S/C7H11N3S/c1-4(2)5-6(7(8)9)11-3-10-5/h3-4H,1-2H3,(H3,8,9). The van der Waals surface area contributed by atoms with Gasteiger partial charge in [0.1, 0.15) is 5.84 Å². The zero-order chi connectivity index (χ0) is 8.43. The zero-order valence-electron chi connectivity index (χ0n) is 6.59. The maximum Gasteiger partial charge on any atom is 0.135 e. The molecule has 0 spiro atoms. The molecule has 4 heteroatoms. The number of thiazole rings is 1. The van der Waals surface area contributed by atoms with Crippen LogP contribution in [0.15, 0.2) is 5.51 Å². The van der Waals surface area contributed by atoms with Crippen LogP contribution in [0.25, 0.3) is 0 Å². The van der Waals surface area contributed by atoms with Crippen LogP contribution in [-0.2, 0) is 0 Å². The number of nitrogens with zero attached hydrogens (tertiary/aromatic N) is 1. The van der Waals surface area contributed by atoms with Crippen LogP contribution in [0.5, 0.6) is 0 Å². The topological polar surface area (TPSA) is 62.8 Å². The van der Waals surface area contributed by atoms with Crippen LogP contribution in [0.2, 0.25) is 0 Å². The maximum atomic E-state index is 7.23. The number of hydrogen-bond donors (Lipinski definition) is 2. The highest BCUT2D eigenvalue weighted by Gasteiger charge is 2.11. The normalized spacial score (nSPS) is 10.5. The average Bonchev–Trinajstić information content (AvgIpc) is 2.32. The number of nitrogen functional groups attached to an aromatic ring is 1. The molecule has 1 aromatic heterocycles. The van der Waals surface area contributed by atoms with Gasteiger partial charge in [-0.05, 0) is 5.92 Å². The smallest absolute Gasteiger partial charge is 0.135 e. The van der Waals surface area contributed by atoms with Crippen molar-refractivity contribution < 1.29 is 0 Å². The molecule has 0 fully saturated rings. The quantitative estimate of drug-likeness (QED) is 0.521. The van der Waals surface area contributed by atoms with E-state index in [2.05, 4.69) is 4.98 Å². The van der Waals surface area contributed by atoms with E-state index in [1.807, 2.05) is 13.8 Å². The Labute approximate surface area is 69.8 Å². The molecular weight excluding hydrogens is 158 g/mol. The molecule has 3 nitrogen and oxygen atoms in total. The largest absolute Gasteiger partial charge is 0.383 e. The summed E-state index contributed by atoms with van der Waals surface area (Å²) in [7, 11) is 0. The highest BCUT2D eigenvalue weighted by Crippen LogP contribution is 2.20. The number of amidine groups is 1. The Morgan fingerprint density at radius 1 is 1.73 bits per heavy atom. The molecule has 3 N–H and O–H groups in total. The van der Waals surface area contributed by atoms with Crippen LogP contribution in [0, 0.1) is 5.41 Å². The Balaban J connectivity index is 3.06. The predicted molar refractivity (Wildman–Crippen MR) is 47.2 cm³/mol. The van der Waals surface area contributed by atoms with Crippen molar-refractivity contribution in [1.82, 2.24) is 4.98 Å². The average molecular weight is 169 g/mol. The first-order chi connectivity index (χ1) is 5.13. The van der Waals surface area contributed by atoms with Crippen molar-refractivity contribution in [3.8, 4) is 0 Å². The van der Waals surface area contributed by atoms with Gasteiger partial charge in [0.15, 0.2) is 0 Å². The van der Waals surface area contributed by atoms with Crippen molar-refractivity contribution in [2.24, 2.45) is 5.73 Å². The lowest BCUT2D eigenvalue weighted by Gasteiger charge is -2.02. The Morgan fingerprint density at radius 2 is 2.36 bits per heavy atom. The van der Waals surface area contributed by atoms with Crippen LogP contribution in [0.3, 0.4) is 0 Å². The van der Waals surface area contributed by atoms with Crippen LogP contribution in [0.1, 0.15) is 30.3 Å². The van der Waals surface area contributed by atoms with Crippen molar-refractivity contribution in [1.29, 1.82) is 5.41 Å². The molecule has 0 aliphatic carbocycles. The second-order valence-electron chi connectivity index (χ2n) is 2.64. The van der Waals surface area contributed by atoms with E-state index in [1.165, 1.54) is 11.3 Å². The Bertz CT molecular complexity index is 264. The molecule has 0 saturated carbocycles. The van der Waals surface area contributed by atoms with Crippen LogP contribution in [0.4, 0.5) is 0 Å². The molecule has 0 saturated heterocycles. The number of nitrogens with two attached hydrogens (primary N) is 1. The van der Waals surface area contributed by atoms with Crippen molar-refractivity contribution in [2.75, 3.05) is 0 Å². The molecule has 0 aliphatic rings. The second-order valence-corrected chi connectivity index (χ2v) is 3.49.